The number of rotatable bonds is 7. The molecular formula is C16H22BrNO3S. The molecule has 2 heterocycles. The van der Waals surface area contributed by atoms with Crippen molar-refractivity contribution in [3.63, 3.8) is 0 Å². The molecule has 0 unspecified atom stereocenters. The first-order valence-electron chi connectivity index (χ1n) is 7.78. The SMILES string of the molecule is O=C(O)CC[C@H]1CCCN(C(=O)CCCc2ccc(Br)s2)C1. The second-order valence-electron chi connectivity index (χ2n) is 5.84. The van der Waals surface area contributed by atoms with Gasteiger partial charge in [-0.3, -0.25) is 9.59 Å². The van der Waals surface area contributed by atoms with Crippen LogP contribution in [0.1, 0.15) is 43.4 Å². The highest BCUT2D eigenvalue weighted by molar-refractivity contribution is 9.11. The monoisotopic (exact) mass is 387 g/mol. The van der Waals surface area contributed by atoms with Gasteiger partial charge in [0, 0.05) is 30.8 Å². The van der Waals surface area contributed by atoms with Crippen LogP contribution in [0, 0.1) is 5.92 Å². The van der Waals surface area contributed by atoms with Crippen molar-refractivity contribution >= 4 is 39.1 Å². The maximum absolute atomic E-state index is 12.3. The Balaban J connectivity index is 1.70. The maximum atomic E-state index is 12.3. The Labute approximate surface area is 143 Å². The van der Waals surface area contributed by atoms with Gasteiger partial charge in [-0.05, 0) is 66.1 Å². The molecule has 0 spiro atoms. The number of nitrogens with zero attached hydrogens (tertiary/aromatic N) is 1. The molecule has 1 aromatic heterocycles. The van der Waals surface area contributed by atoms with E-state index in [1.165, 1.54) is 4.88 Å². The predicted molar refractivity (Wildman–Crippen MR) is 91.1 cm³/mol. The summed E-state index contributed by atoms with van der Waals surface area (Å²) in [6.07, 6.45) is 5.33. The van der Waals surface area contributed by atoms with E-state index in [1.807, 2.05) is 11.0 Å². The minimum atomic E-state index is -0.745. The first-order valence-corrected chi connectivity index (χ1v) is 9.39. The fourth-order valence-electron chi connectivity index (χ4n) is 2.91. The summed E-state index contributed by atoms with van der Waals surface area (Å²) in [4.78, 5) is 26.2. The van der Waals surface area contributed by atoms with E-state index < -0.39 is 5.97 Å². The quantitative estimate of drug-likeness (QED) is 0.770. The van der Waals surface area contributed by atoms with Crippen LogP contribution in [0.4, 0.5) is 0 Å². The van der Waals surface area contributed by atoms with Gasteiger partial charge in [-0.1, -0.05) is 0 Å². The molecule has 1 amide bonds. The Morgan fingerprint density at radius 3 is 2.86 bits per heavy atom. The second-order valence-corrected chi connectivity index (χ2v) is 8.39. The summed E-state index contributed by atoms with van der Waals surface area (Å²) in [7, 11) is 0. The van der Waals surface area contributed by atoms with Crippen molar-refractivity contribution < 1.29 is 14.7 Å². The van der Waals surface area contributed by atoms with Gasteiger partial charge in [0.1, 0.15) is 0 Å². The number of aryl methyl sites for hydroxylation is 1. The Morgan fingerprint density at radius 1 is 1.36 bits per heavy atom. The summed E-state index contributed by atoms with van der Waals surface area (Å²) >= 11 is 5.17. The molecule has 22 heavy (non-hydrogen) atoms. The number of aliphatic carboxylic acids is 1. The fourth-order valence-corrected chi connectivity index (χ4v) is 4.44. The molecule has 1 saturated heterocycles. The zero-order valence-electron chi connectivity index (χ0n) is 12.6. The number of hydrogen-bond acceptors (Lipinski definition) is 3. The number of likely N-dealkylation sites (tertiary alicyclic amines) is 1. The third-order valence-corrected chi connectivity index (χ3v) is 5.76. The number of carbonyl (C=O) groups excluding carboxylic acids is 1. The lowest BCUT2D eigenvalue weighted by atomic mass is 9.93. The van der Waals surface area contributed by atoms with Gasteiger partial charge in [0.05, 0.1) is 3.79 Å². The first kappa shape index (κ1) is 17.5. The minimum Gasteiger partial charge on any atom is -0.481 e. The summed E-state index contributed by atoms with van der Waals surface area (Å²) in [6.45, 7) is 1.56. The molecule has 0 bridgehead atoms. The van der Waals surface area contributed by atoms with Crippen LogP contribution >= 0.6 is 27.3 Å². The molecule has 0 saturated carbocycles. The summed E-state index contributed by atoms with van der Waals surface area (Å²) in [5, 5.41) is 8.76. The number of carbonyl (C=O) groups is 2. The van der Waals surface area contributed by atoms with Crippen molar-refractivity contribution in [1.29, 1.82) is 0 Å². The molecule has 1 aromatic rings. The largest absolute Gasteiger partial charge is 0.481 e. The fraction of sp³-hybridized carbons (Fsp3) is 0.625. The molecule has 6 heteroatoms. The number of halogens is 1. The van der Waals surface area contributed by atoms with E-state index in [-0.39, 0.29) is 12.3 Å². The van der Waals surface area contributed by atoms with Crippen molar-refractivity contribution in [3.8, 4) is 0 Å². The molecule has 0 aromatic carbocycles. The molecule has 4 nitrogen and oxygen atoms in total. The lowest BCUT2D eigenvalue weighted by Gasteiger charge is -2.32. The van der Waals surface area contributed by atoms with E-state index in [0.717, 1.165) is 42.6 Å². The van der Waals surface area contributed by atoms with E-state index in [9.17, 15) is 9.59 Å². The smallest absolute Gasteiger partial charge is 0.303 e. The van der Waals surface area contributed by atoms with Crippen LogP contribution in [-0.2, 0) is 16.0 Å². The second kappa shape index (κ2) is 8.67. The minimum absolute atomic E-state index is 0.208. The Bertz CT molecular complexity index is 517. The van der Waals surface area contributed by atoms with Crippen molar-refractivity contribution in [1.82, 2.24) is 4.90 Å². The lowest BCUT2D eigenvalue weighted by Crippen LogP contribution is -2.40. The van der Waals surface area contributed by atoms with Crippen molar-refractivity contribution in [2.75, 3.05) is 13.1 Å². The Kier molecular flexibility index (Phi) is 6.89. The number of hydrogen-bond donors (Lipinski definition) is 1. The normalized spacial score (nSPS) is 18.4. The topological polar surface area (TPSA) is 57.6 Å². The predicted octanol–water partition coefficient (Wildman–Crippen LogP) is 3.94. The van der Waals surface area contributed by atoms with Gasteiger partial charge in [-0.15, -0.1) is 11.3 Å². The molecule has 1 N–H and O–H groups in total. The third kappa shape index (κ3) is 5.72. The molecule has 122 valence electrons. The van der Waals surface area contributed by atoms with Crippen molar-refractivity contribution in [3.05, 3.63) is 20.8 Å². The van der Waals surface area contributed by atoms with Gasteiger partial charge >= 0.3 is 5.97 Å². The molecule has 0 radical (unpaired) electrons. The Hall–Kier alpha value is -0.880. The summed E-state index contributed by atoms with van der Waals surface area (Å²) < 4.78 is 1.13. The molecule has 1 fully saturated rings. The third-order valence-electron chi connectivity index (χ3n) is 4.08. The number of thiophene rings is 1. The van der Waals surface area contributed by atoms with Crippen LogP contribution in [0.25, 0.3) is 0 Å². The number of carboxylic acid groups (broad SMARTS) is 1. The van der Waals surface area contributed by atoms with Gasteiger partial charge in [0.15, 0.2) is 0 Å². The van der Waals surface area contributed by atoms with E-state index >= 15 is 0 Å². The Morgan fingerprint density at radius 2 is 2.18 bits per heavy atom. The van der Waals surface area contributed by atoms with Crippen molar-refractivity contribution in [2.45, 2.75) is 44.9 Å². The van der Waals surface area contributed by atoms with Crippen LogP contribution in [0.3, 0.4) is 0 Å². The van der Waals surface area contributed by atoms with E-state index in [0.29, 0.717) is 18.8 Å². The number of piperidine rings is 1. The number of carboxylic acids is 1. The molecule has 1 atom stereocenters. The molecule has 1 aliphatic rings. The van der Waals surface area contributed by atoms with E-state index in [2.05, 4.69) is 22.0 Å². The standard InChI is InChI=1S/C16H22BrNO3S/c17-14-8-7-13(22-14)4-1-5-15(19)18-10-2-3-12(11-18)6-9-16(20)21/h7-8,12H,1-6,9-11H2,(H,20,21)/t12-/m1/s1. The van der Waals surface area contributed by atoms with Crippen LogP contribution < -0.4 is 0 Å². The zero-order valence-corrected chi connectivity index (χ0v) is 15.0. The maximum Gasteiger partial charge on any atom is 0.303 e. The van der Waals surface area contributed by atoms with E-state index in [4.69, 9.17) is 5.11 Å². The highest BCUT2D eigenvalue weighted by atomic mass is 79.9. The highest BCUT2D eigenvalue weighted by Gasteiger charge is 2.23. The average Bonchev–Trinajstić information content (AvgIpc) is 2.91. The molecule has 1 aliphatic heterocycles. The molecular weight excluding hydrogens is 366 g/mol. The van der Waals surface area contributed by atoms with Gasteiger partial charge in [-0.25, -0.2) is 0 Å². The summed E-state index contributed by atoms with van der Waals surface area (Å²) in [6, 6.07) is 4.14. The highest BCUT2D eigenvalue weighted by Crippen LogP contribution is 2.24. The average molecular weight is 388 g/mol. The lowest BCUT2D eigenvalue weighted by molar-refractivity contribution is -0.137. The summed E-state index contributed by atoms with van der Waals surface area (Å²) in [5.41, 5.74) is 0. The van der Waals surface area contributed by atoms with Gasteiger partial charge in [0.25, 0.3) is 0 Å². The summed E-state index contributed by atoms with van der Waals surface area (Å²) in [5.74, 6) is -0.178. The van der Waals surface area contributed by atoms with Gasteiger partial charge in [-0.2, -0.15) is 0 Å². The van der Waals surface area contributed by atoms with Gasteiger partial charge < -0.3 is 10.0 Å². The molecule has 0 aliphatic carbocycles. The zero-order chi connectivity index (χ0) is 15.9. The van der Waals surface area contributed by atoms with Crippen LogP contribution in [0.15, 0.2) is 15.9 Å². The number of amides is 1. The van der Waals surface area contributed by atoms with Crippen LogP contribution in [-0.4, -0.2) is 35.0 Å². The molecule has 2 rings (SSSR count). The van der Waals surface area contributed by atoms with E-state index in [1.54, 1.807) is 11.3 Å². The first-order chi connectivity index (χ1) is 10.5. The van der Waals surface area contributed by atoms with Crippen LogP contribution in [0.2, 0.25) is 0 Å². The van der Waals surface area contributed by atoms with Gasteiger partial charge in [0.2, 0.25) is 5.91 Å². The van der Waals surface area contributed by atoms with Crippen molar-refractivity contribution in [2.24, 2.45) is 5.92 Å². The van der Waals surface area contributed by atoms with Crippen LogP contribution in [0.5, 0.6) is 0 Å².